The molecule has 2 heterocycles. The maximum absolute atomic E-state index is 6.83. The molecule has 52 heavy (non-hydrogen) atoms. The minimum atomic E-state index is 0.857. The van der Waals surface area contributed by atoms with E-state index in [4.69, 9.17) is 4.42 Å². The maximum atomic E-state index is 6.83. The first-order valence-electron chi connectivity index (χ1n) is 17.7. The second-order valence-electron chi connectivity index (χ2n) is 12.9. The van der Waals surface area contributed by atoms with E-state index in [2.05, 4.69) is 199 Å². The van der Waals surface area contributed by atoms with Gasteiger partial charge >= 0.3 is 0 Å². The van der Waals surface area contributed by atoms with Crippen molar-refractivity contribution in [2.75, 3.05) is 4.90 Å². The minimum absolute atomic E-state index is 0.857. The van der Waals surface area contributed by atoms with Crippen LogP contribution >= 0.6 is 0 Å². The summed E-state index contributed by atoms with van der Waals surface area (Å²) in [7, 11) is 0. The lowest BCUT2D eigenvalue weighted by atomic mass is 9.98. The lowest BCUT2D eigenvalue weighted by Gasteiger charge is -2.27. The van der Waals surface area contributed by atoms with E-state index in [1.807, 2.05) is 12.1 Å². The van der Waals surface area contributed by atoms with Crippen molar-refractivity contribution in [2.24, 2.45) is 0 Å². The highest BCUT2D eigenvalue weighted by Crippen LogP contribution is 2.47. The zero-order chi connectivity index (χ0) is 35.0. The average Bonchev–Trinajstić information content (AvgIpc) is 3.75. The van der Waals surface area contributed by atoms with Crippen LogP contribution in [0.2, 0.25) is 0 Å². The Morgan fingerprint density at radius 2 is 1.23 bits per heavy atom. The van der Waals surface area contributed by atoms with Gasteiger partial charge in [0.05, 0.1) is 22.3 Å². The summed E-state index contributed by atoms with van der Waals surface area (Å²) in [5.41, 5.74) is 13.8. The fourth-order valence-corrected chi connectivity index (χ4v) is 7.56. The molecule has 0 saturated carbocycles. The van der Waals surface area contributed by atoms with Crippen molar-refractivity contribution in [1.82, 2.24) is 4.57 Å². The van der Waals surface area contributed by atoms with Gasteiger partial charge in [-0.25, -0.2) is 0 Å². The summed E-state index contributed by atoms with van der Waals surface area (Å²) in [6.07, 6.45) is 6.23. The Labute approximate surface area is 303 Å². The molecule has 0 N–H and O–H groups in total. The van der Waals surface area contributed by atoms with Gasteiger partial charge < -0.3 is 13.9 Å². The molecule has 0 aliphatic rings. The lowest BCUT2D eigenvalue weighted by Crippen LogP contribution is -2.10. The molecule has 0 atom stereocenters. The van der Waals surface area contributed by atoms with E-state index < -0.39 is 0 Å². The van der Waals surface area contributed by atoms with Crippen LogP contribution in [-0.4, -0.2) is 4.57 Å². The Kier molecular flexibility index (Phi) is 7.87. The van der Waals surface area contributed by atoms with Gasteiger partial charge in [0.25, 0.3) is 0 Å². The fraction of sp³-hybridized carbons (Fsp3) is 0.0204. The SMILES string of the molecule is C=Cc1c(/C=C\C)c2ccc(-c3ccc(N(c4ccccc4)c4ccc(-c5ccccc5)cc4)c4c3oc3ccccc34)cc2n1-c1ccccc1. The smallest absolute Gasteiger partial charge is 0.145 e. The molecule has 3 heteroatoms. The van der Waals surface area contributed by atoms with Gasteiger partial charge in [0, 0.05) is 39.0 Å². The van der Waals surface area contributed by atoms with Crippen LogP contribution in [0.1, 0.15) is 18.2 Å². The zero-order valence-electron chi connectivity index (χ0n) is 28.9. The molecule has 0 aliphatic carbocycles. The Morgan fingerprint density at radius 1 is 0.596 bits per heavy atom. The van der Waals surface area contributed by atoms with E-state index in [1.54, 1.807) is 0 Å². The Hall–Kier alpha value is -6.84. The molecule has 3 nitrogen and oxygen atoms in total. The molecule has 2 aromatic heterocycles. The second kappa shape index (κ2) is 13.1. The molecule has 7 aromatic carbocycles. The third-order valence-corrected chi connectivity index (χ3v) is 9.89. The van der Waals surface area contributed by atoms with Gasteiger partial charge in [-0.2, -0.15) is 0 Å². The molecule has 0 radical (unpaired) electrons. The van der Waals surface area contributed by atoms with Crippen molar-refractivity contribution < 1.29 is 4.42 Å². The standard InChI is InChI=1S/C49H36N2O/c1-3-16-41-42-30-27-36(33-46(42)51(44(41)4-2)38-21-12-7-13-22-38)40-31-32-45(48-43-23-14-15-24-47(43)52-49(40)48)50(37-19-10-6-11-20-37)39-28-25-35(26-29-39)34-17-8-5-9-18-34/h3-33H,2H2,1H3/b16-3-. The number of hydrogen-bond acceptors (Lipinski definition) is 2. The Morgan fingerprint density at radius 3 is 1.96 bits per heavy atom. The highest BCUT2D eigenvalue weighted by atomic mass is 16.3. The van der Waals surface area contributed by atoms with Crippen molar-refractivity contribution >= 4 is 62.1 Å². The molecular weight excluding hydrogens is 633 g/mol. The number of allylic oxidation sites excluding steroid dienone is 1. The molecule has 0 unspecified atom stereocenters. The van der Waals surface area contributed by atoms with Crippen LogP contribution in [0.5, 0.6) is 0 Å². The van der Waals surface area contributed by atoms with Crippen molar-refractivity contribution in [2.45, 2.75) is 6.92 Å². The van der Waals surface area contributed by atoms with Crippen LogP contribution in [0, 0.1) is 0 Å². The summed E-state index contributed by atoms with van der Waals surface area (Å²) >= 11 is 0. The second-order valence-corrected chi connectivity index (χ2v) is 12.9. The van der Waals surface area contributed by atoms with E-state index in [1.165, 1.54) is 16.5 Å². The Balaban J connectivity index is 1.28. The summed E-state index contributed by atoms with van der Waals surface area (Å²) in [4.78, 5) is 2.34. The number of rotatable bonds is 8. The predicted molar refractivity (Wildman–Crippen MR) is 221 cm³/mol. The van der Waals surface area contributed by atoms with Crippen LogP contribution in [0.4, 0.5) is 17.1 Å². The van der Waals surface area contributed by atoms with Crippen LogP contribution < -0.4 is 4.90 Å². The zero-order valence-corrected chi connectivity index (χ0v) is 28.9. The van der Waals surface area contributed by atoms with Crippen LogP contribution in [-0.2, 0) is 0 Å². The van der Waals surface area contributed by atoms with Crippen LogP contribution in [0.15, 0.2) is 187 Å². The number of anilines is 3. The van der Waals surface area contributed by atoms with Crippen LogP contribution in [0.3, 0.4) is 0 Å². The fourth-order valence-electron chi connectivity index (χ4n) is 7.56. The van der Waals surface area contributed by atoms with Gasteiger partial charge in [-0.3, -0.25) is 0 Å². The van der Waals surface area contributed by atoms with Crippen molar-refractivity contribution in [1.29, 1.82) is 0 Å². The normalized spacial score (nSPS) is 11.6. The quantitative estimate of drug-likeness (QED) is 0.161. The molecule has 248 valence electrons. The molecule has 0 fully saturated rings. The molecule has 0 bridgehead atoms. The van der Waals surface area contributed by atoms with E-state index >= 15 is 0 Å². The average molecular weight is 669 g/mol. The van der Waals surface area contributed by atoms with E-state index in [0.29, 0.717) is 0 Å². The van der Waals surface area contributed by atoms with Gasteiger partial charge in [0.15, 0.2) is 0 Å². The lowest BCUT2D eigenvalue weighted by molar-refractivity contribution is 0.670. The van der Waals surface area contributed by atoms with E-state index in [9.17, 15) is 0 Å². The molecule has 0 amide bonds. The number of furan rings is 1. The Bertz CT molecular complexity index is 2740. The molecule has 0 aliphatic heterocycles. The highest BCUT2D eigenvalue weighted by Gasteiger charge is 2.23. The van der Waals surface area contributed by atoms with Crippen molar-refractivity contribution in [3.63, 3.8) is 0 Å². The maximum Gasteiger partial charge on any atom is 0.145 e. The molecular formula is C49H36N2O. The number of hydrogen-bond donors (Lipinski definition) is 0. The third kappa shape index (κ3) is 5.23. The number of nitrogens with zero attached hydrogens (tertiary/aromatic N) is 2. The summed E-state index contributed by atoms with van der Waals surface area (Å²) < 4.78 is 9.14. The van der Waals surface area contributed by atoms with Gasteiger partial charge in [0.1, 0.15) is 11.2 Å². The van der Waals surface area contributed by atoms with Gasteiger partial charge in [-0.1, -0.05) is 128 Å². The van der Waals surface area contributed by atoms with Gasteiger partial charge in [-0.15, -0.1) is 0 Å². The van der Waals surface area contributed by atoms with Crippen LogP contribution in [0.25, 0.3) is 72.9 Å². The van der Waals surface area contributed by atoms with Crippen molar-refractivity contribution in [3.8, 4) is 27.9 Å². The first kappa shape index (κ1) is 31.2. The van der Waals surface area contributed by atoms with Crippen molar-refractivity contribution in [3.05, 3.63) is 194 Å². The minimum Gasteiger partial charge on any atom is -0.455 e. The summed E-state index contributed by atoms with van der Waals surface area (Å²) in [5, 5.41) is 3.32. The molecule has 9 rings (SSSR count). The van der Waals surface area contributed by atoms with Gasteiger partial charge in [-0.05, 0) is 90.4 Å². The van der Waals surface area contributed by atoms with E-state index in [-0.39, 0.29) is 0 Å². The first-order valence-corrected chi connectivity index (χ1v) is 17.7. The number of para-hydroxylation sites is 3. The molecule has 9 aromatic rings. The molecule has 0 spiro atoms. The number of fused-ring (bicyclic) bond motifs is 4. The molecule has 0 saturated heterocycles. The largest absolute Gasteiger partial charge is 0.455 e. The summed E-state index contributed by atoms with van der Waals surface area (Å²) in [5.74, 6) is 0. The topological polar surface area (TPSA) is 21.3 Å². The number of aromatic nitrogens is 1. The van der Waals surface area contributed by atoms with E-state index in [0.717, 1.165) is 72.6 Å². The number of benzene rings is 7. The third-order valence-electron chi connectivity index (χ3n) is 9.89. The van der Waals surface area contributed by atoms with Gasteiger partial charge in [0.2, 0.25) is 0 Å². The summed E-state index contributed by atoms with van der Waals surface area (Å²) in [6.45, 7) is 6.28. The predicted octanol–water partition coefficient (Wildman–Crippen LogP) is 14.0. The first-order chi connectivity index (χ1) is 25.7. The summed E-state index contributed by atoms with van der Waals surface area (Å²) in [6, 6.07) is 60.0. The highest BCUT2D eigenvalue weighted by molar-refractivity contribution is 6.17. The monoisotopic (exact) mass is 668 g/mol.